The maximum Gasteiger partial charge on any atom is 0.187 e. The number of benzene rings is 3. The number of fused-ring (bicyclic) bond motifs is 5. The molecule has 0 atom stereocenters. The number of rotatable bonds is 0. The van der Waals surface area contributed by atoms with Gasteiger partial charge in [-0.3, -0.25) is 4.79 Å². The highest BCUT2D eigenvalue weighted by atomic mass is 16.1. The zero-order valence-corrected chi connectivity index (χ0v) is 8.53. The van der Waals surface area contributed by atoms with E-state index >= 15 is 0 Å². The van der Waals surface area contributed by atoms with Crippen molar-refractivity contribution in [3.63, 3.8) is 0 Å². The zero-order valence-electron chi connectivity index (χ0n) is 8.53. The van der Waals surface area contributed by atoms with Gasteiger partial charge in [0, 0.05) is 5.56 Å². The Labute approximate surface area is 92.0 Å². The molecule has 2 aliphatic carbocycles. The van der Waals surface area contributed by atoms with Gasteiger partial charge in [0.05, 0.1) is 0 Å². The van der Waals surface area contributed by atoms with Gasteiger partial charge in [-0.05, 0) is 39.2 Å². The monoisotopic (exact) mass is 204 g/mol. The Morgan fingerprint density at radius 3 is 2.50 bits per heavy atom. The Morgan fingerprint density at radius 2 is 1.56 bits per heavy atom. The molecule has 0 bridgehead atoms. The van der Waals surface area contributed by atoms with Crippen molar-refractivity contribution in [2.45, 2.75) is 0 Å². The Bertz CT molecular complexity index is 816. The van der Waals surface area contributed by atoms with Crippen LogP contribution in [-0.2, 0) is 0 Å². The molecule has 1 nitrogen and oxygen atoms in total. The number of hydrogen-bond donors (Lipinski definition) is 0. The molecule has 0 amide bonds. The first-order valence-electron chi connectivity index (χ1n) is 5.35. The molecular formula is C15H8O. The van der Waals surface area contributed by atoms with Crippen molar-refractivity contribution >= 4 is 21.5 Å². The molecule has 0 spiro atoms. The van der Waals surface area contributed by atoms with Crippen LogP contribution in [0, 0.1) is 0 Å². The Hall–Kier alpha value is -2.15. The first-order valence-corrected chi connectivity index (χ1v) is 5.35. The molecule has 2 aromatic carbocycles. The minimum absolute atomic E-state index is 0.151. The average Bonchev–Trinajstić information content (AvgIpc) is 3.09. The molecule has 0 radical (unpaired) electrons. The van der Waals surface area contributed by atoms with Gasteiger partial charge in [0.15, 0.2) is 5.43 Å². The Morgan fingerprint density at radius 1 is 0.750 bits per heavy atom. The highest BCUT2D eigenvalue weighted by Crippen LogP contribution is 2.40. The van der Waals surface area contributed by atoms with E-state index in [1.54, 1.807) is 6.07 Å². The molecule has 0 unspecified atom stereocenters. The van der Waals surface area contributed by atoms with Crippen molar-refractivity contribution in [3.8, 4) is 11.1 Å². The Balaban J connectivity index is 2.36. The SMILES string of the molecule is O=c1cc2ccc3ccccc3c2c2cc1-2. The molecule has 2 aliphatic rings. The summed E-state index contributed by atoms with van der Waals surface area (Å²) >= 11 is 0. The lowest BCUT2D eigenvalue weighted by Crippen LogP contribution is -1.95. The molecule has 1 heteroatoms. The molecule has 0 fully saturated rings. The van der Waals surface area contributed by atoms with Crippen LogP contribution in [0.5, 0.6) is 0 Å². The average molecular weight is 204 g/mol. The molecule has 2 aromatic rings. The topological polar surface area (TPSA) is 17.1 Å². The summed E-state index contributed by atoms with van der Waals surface area (Å²) in [6, 6.07) is 16.1. The summed E-state index contributed by atoms with van der Waals surface area (Å²) in [5, 5.41) is 4.75. The van der Waals surface area contributed by atoms with Crippen molar-refractivity contribution in [2.75, 3.05) is 0 Å². The van der Waals surface area contributed by atoms with Gasteiger partial charge in [-0.1, -0.05) is 36.4 Å². The minimum Gasteiger partial charge on any atom is -0.289 e. The second-order valence-corrected chi connectivity index (χ2v) is 4.23. The Kier molecular flexibility index (Phi) is 1.26. The highest BCUT2D eigenvalue weighted by molar-refractivity contribution is 6.18. The lowest BCUT2D eigenvalue weighted by Gasteiger charge is -2.03. The van der Waals surface area contributed by atoms with Crippen LogP contribution < -0.4 is 5.43 Å². The number of hydrogen-bond acceptors (Lipinski definition) is 1. The summed E-state index contributed by atoms with van der Waals surface area (Å²) in [4.78, 5) is 11.6. The van der Waals surface area contributed by atoms with Crippen LogP contribution in [-0.4, -0.2) is 0 Å². The molecule has 0 N–H and O–H groups in total. The predicted octanol–water partition coefficient (Wildman–Crippen LogP) is 3.33. The van der Waals surface area contributed by atoms with Gasteiger partial charge in [-0.25, -0.2) is 0 Å². The van der Waals surface area contributed by atoms with Gasteiger partial charge in [0.1, 0.15) is 0 Å². The first-order chi connectivity index (χ1) is 7.84. The van der Waals surface area contributed by atoms with Gasteiger partial charge in [-0.2, -0.15) is 0 Å². The lowest BCUT2D eigenvalue weighted by atomic mass is 10.0. The zero-order chi connectivity index (χ0) is 10.7. The van der Waals surface area contributed by atoms with Crippen LogP contribution in [0.1, 0.15) is 0 Å². The predicted molar refractivity (Wildman–Crippen MR) is 66.7 cm³/mol. The van der Waals surface area contributed by atoms with E-state index in [0.29, 0.717) is 0 Å². The van der Waals surface area contributed by atoms with Crippen LogP contribution >= 0.6 is 0 Å². The summed E-state index contributed by atoms with van der Waals surface area (Å²) in [5.74, 6) is 0. The van der Waals surface area contributed by atoms with E-state index in [1.807, 2.05) is 24.3 Å². The molecule has 0 aliphatic heterocycles. The van der Waals surface area contributed by atoms with Crippen LogP contribution in [0.15, 0.2) is 53.3 Å². The summed E-state index contributed by atoms with van der Waals surface area (Å²) in [7, 11) is 0. The standard InChI is InChI=1S/C15H8O/c16-14-7-10-6-5-9-3-1-2-4-11(9)15(10)13-8-12(13)14/h1-8H. The van der Waals surface area contributed by atoms with Crippen LogP contribution in [0.2, 0.25) is 0 Å². The van der Waals surface area contributed by atoms with E-state index in [2.05, 4.69) is 18.2 Å². The fourth-order valence-corrected chi connectivity index (χ4v) is 2.45. The fourth-order valence-electron chi connectivity index (χ4n) is 2.45. The molecule has 0 heterocycles. The van der Waals surface area contributed by atoms with Gasteiger partial charge in [-0.15, -0.1) is 0 Å². The summed E-state index contributed by atoms with van der Waals surface area (Å²) in [6.45, 7) is 0. The molecule has 74 valence electrons. The van der Waals surface area contributed by atoms with Crippen LogP contribution in [0.4, 0.5) is 0 Å². The summed E-state index contributed by atoms with van der Waals surface area (Å²) < 4.78 is 0. The first kappa shape index (κ1) is 8.05. The largest absolute Gasteiger partial charge is 0.289 e. The van der Waals surface area contributed by atoms with Gasteiger partial charge >= 0.3 is 0 Å². The maximum atomic E-state index is 11.6. The highest BCUT2D eigenvalue weighted by Gasteiger charge is 2.20. The maximum absolute atomic E-state index is 11.6. The molecule has 0 saturated heterocycles. The van der Waals surface area contributed by atoms with E-state index < -0.39 is 0 Å². The smallest absolute Gasteiger partial charge is 0.187 e. The van der Waals surface area contributed by atoms with Crippen LogP contribution in [0.3, 0.4) is 0 Å². The fraction of sp³-hybridized carbons (Fsp3) is 0. The van der Waals surface area contributed by atoms with E-state index in [1.165, 1.54) is 16.2 Å². The minimum atomic E-state index is 0.151. The van der Waals surface area contributed by atoms with E-state index in [9.17, 15) is 4.79 Å². The summed E-state index contributed by atoms with van der Waals surface area (Å²) in [5.41, 5.74) is 2.18. The van der Waals surface area contributed by atoms with Crippen molar-refractivity contribution in [2.24, 2.45) is 0 Å². The van der Waals surface area contributed by atoms with E-state index in [4.69, 9.17) is 0 Å². The molecule has 0 saturated carbocycles. The van der Waals surface area contributed by atoms with E-state index in [0.717, 1.165) is 16.5 Å². The normalized spacial score (nSPS) is 12.0. The third-order valence-corrected chi connectivity index (χ3v) is 3.28. The van der Waals surface area contributed by atoms with Crippen molar-refractivity contribution in [1.29, 1.82) is 0 Å². The van der Waals surface area contributed by atoms with Crippen LogP contribution in [0.25, 0.3) is 32.7 Å². The lowest BCUT2D eigenvalue weighted by molar-refractivity contribution is 1.72. The molecular weight excluding hydrogens is 196 g/mol. The van der Waals surface area contributed by atoms with Gasteiger partial charge < -0.3 is 0 Å². The quantitative estimate of drug-likeness (QED) is 0.401. The molecule has 16 heavy (non-hydrogen) atoms. The van der Waals surface area contributed by atoms with Crippen molar-refractivity contribution in [3.05, 3.63) is 58.8 Å². The second-order valence-electron chi connectivity index (χ2n) is 4.23. The molecule has 0 aromatic heterocycles. The van der Waals surface area contributed by atoms with E-state index in [-0.39, 0.29) is 5.43 Å². The van der Waals surface area contributed by atoms with Crippen molar-refractivity contribution < 1.29 is 0 Å². The summed E-state index contributed by atoms with van der Waals surface area (Å²) in [6.07, 6.45) is 0. The third kappa shape index (κ3) is 0.878. The second kappa shape index (κ2) is 2.50. The third-order valence-electron chi connectivity index (χ3n) is 3.28. The van der Waals surface area contributed by atoms with Crippen molar-refractivity contribution in [1.82, 2.24) is 0 Å². The van der Waals surface area contributed by atoms with Gasteiger partial charge in [0.25, 0.3) is 0 Å². The van der Waals surface area contributed by atoms with Gasteiger partial charge in [0.2, 0.25) is 0 Å². The molecule has 4 rings (SSSR count).